The van der Waals surface area contributed by atoms with Crippen LogP contribution in [0.5, 0.6) is 0 Å². The molecule has 8 heteroatoms. The van der Waals surface area contributed by atoms with E-state index >= 15 is 0 Å². The summed E-state index contributed by atoms with van der Waals surface area (Å²) >= 11 is 0. The topological polar surface area (TPSA) is 78.7 Å². The number of aliphatic hydroxyl groups is 1. The molecule has 1 aliphatic heterocycles. The fraction of sp³-hybridized carbons (Fsp3) is 0.667. The molecule has 29 heavy (non-hydrogen) atoms. The van der Waals surface area contributed by atoms with Crippen molar-refractivity contribution in [3.8, 4) is 0 Å². The van der Waals surface area contributed by atoms with Gasteiger partial charge in [0.05, 0.1) is 28.6 Å². The number of hydrogen-bond acceptors (Lipinski definition) is 5. The quantitative estimate of drug-likeness (QED) is 0.708. The van der Waals surface area contributed by atoms with Crippen LogP contribution in [0.15, 0.2) is 23.1 Å². The molecule has 1 fully saturated rings. The van der Waals surface area contributed by atoms with Gasteiger partial charge < -0.3 is 9.67 Å². The molecule has 2 aromatic rings. The molecule has 3 rings (SSSR count). The average Bonchev–Trinajstić information content (AvgIpc) is 3.03. The smallest absolute Gasteiger partial charge is 0.243 e. The maximum atomic E-state index is 13.0. The van der Waals surface area contributed by atoms with E-state index in [9.17, 15) is 13.5 Å². The SMILES string of the molecule is CCn1c(CN(CC(C)O)C(C)C)nc2cc(S(=O)(=O)N3CCCCC3)ccc21. The summed E-state index contributed by atoms with van der Waals surface area (Å²) in [6.45, 7) is 11.2. The second kappa shape index (κ2) is 9.12. The van der Waals surface area contributed by atoms with E-state index in [0.29, 0.717) is 36.6 Å². The Labute approximate surface area is 174 Å². The lowest BCUT2D eigenvalue weighted by molar-refractivity contribution is 0.100. The number of aryl methyl sites for hydroxylation is 1. The third-order valence-electron chi connectivity index (χ3n) is 5.64. The fourth-order valence-corrected chi connectivity index (χ4v) is 5.56. The molecule has 0 radical (unpaired) electrons. The van der Waals surface area contributed by atoms with Gasteiger partial charge in [0.25, 0.3) is 0 Å². The van der Waals surface area contributed by atoms with Gasteiger partial charge in [0, 0.05) is 32.2 Å². The third kappa shape index (κ3) is 4.82. The first-order valence-electron chi connectivity index (χ1n) is 10.7. The van der Waals surface area contributed by atoms with E-state index in [4.69, 9.17) is 4.98 Å². The van der Waals surface area contributed by atoms with Crippen LogP contribution in [-0.4, -0.2) is 64.1 Å². The lowest BCUT2D eigenvalue weighted by atomic mass is 10.2. The monoisotopic (exact) mass is 422 g/mol. The molecule has 1 atom stereocenters. The number of hydrogen-bond donors (Lipinski definition) is 1. The van der Waals surface area contributed by atoms with E-state index in [2.05, 4.69) is 30.2 Å². The molecule has 1 saturated heterocycles. The Morgan fingerprint density at radius 1 is 1.17 bits per heavy atom. The Balaban J connectivity index is 1.95. The van der Waals surface area contributed by atoms with Crippen LogP contribution in [0.4, 0.5) is 0 Å². The summed E-state index contributed by atoms with van der Waals surface area (Å²) in [5.41, 5.74) is 1.65. The zero-order chi connectivity index (χ0) is 21.2. The summed E-state index contributed by atoms with van der Waals surface area (Å²) < 4.78 is 29.8. The minimum absolute atomic E-state index is 0.268. The van der Waals surface area contributed by atoms with Gasteiger partial charge in [0.15, 0.2) is 0 Å². The zero-order valence-electron chi connectivity index (χ0n) is 18.0. The molecule has 1 aromatic carbocycles. The Hall–Kier alpha value is -1.48. The minimum Gasteiger partial charge on any atom is -0.392 e. The lowest BCUT2D eigenvalue weighted by Crippen LogP contribution is -2.36. The summed E-state index contributed by atoms with van der Waals surface area (Å²) in [7, 11) is -3.48. The normalized spacial score (nSPS) is 17.5. The molecule has 1 unspecified atom stereocenters. The van der Waals surface area contributed by atoms with Crippen molar-refractivity contribution >= 4 is 21.1 Å². The Morgan fingerprint density at radius 3 is 2.45 bits per heavy atom. The van der Waals surface area contributed by atoms with Crippen LogP contribution in [0.25, 0.3) is 11.0 Å². The van der Waals surface area contributed by atoms with Crippen LogP contribution in [0.2, 0.25) is 0 Å². The van der Waals surface area contributed by atoms with Gasteiger partial charge in [-0.15, -0.1) is 0 Å². The number of imidazole rings is 1. The van der Waals surface area contributed by atoms with Crippen molar-refractivity contribution in [3.05, 3.63) is 24.0 Å². The van der Waals surface area contributed by atoms with Gasteiger partial charge in [-0.3, -0.25) is 4.90 Å². The van der Waals surface area contributed by atoms with Crippen molar-refractivity contribution < 1.29 is 13.5 Å². The van der Waals surface area contributed by atoms with Crippen LogP contribution in [-0.2, 0) is 23.1 Å². The summed E-state index contributed by atoms with van der Waals surface area (Å²) in [5.74, 6) is 0.893. The van der Waals surface area contributed by atoms with Gasteiger partial charge in [-0.2, -0.15) is 4.31 Å². The lowest BCUT2D eigenvalue weighted by Gasteiger charge is -2.27. The maximum absolute atomic E-state index is 13.0. The highest BCUT2D eigenvalue weighted by molar-refractivity contribution is 7.89. The number of aromatic nitrogens is 2. The zero-order valence-corrected chi connectivity index (χ0v) is 18.8. The van der Waals surface area contributed by atoms with E-state index in [1.807, 2.05) is 6.07 Å². The molecule has 7 nitrogen and oxygen atoms in total. The van der Waals surface area contributed by atoms with Gasteiger partial charge in [-0.1, -0.05) is 6.42 Å². The highest BCUT2D eigenvalue weighted by atomic mass is 32.2. The molecule has 0 saturated carbocycles. The first-order valence-corrected chi connectivity index (χ1v) is 12.1. The number of fused-ring (bicyclic) bond motifs is 1. The average molecular weight is 423 g/mol. The molecule has 1 aliphatic rings. The molecular formula is C21H34N4O3S. The van der Waals surface area contributed by atoms with E-state index in [-0.39, 0.29) is 6.04 Å². The second-order valence-electron chi connectivity index (χ2n) is 8.26. The molecule has 0 bridgehead atoms. The number of nitrogens with zero attached hydrogens (tertiary/aromatic N) is 4. The van der Waals surface area contributed by atoms with Crippen molar-refractivity contribution in [2.45, 2.75) is 77.1 Å². The van der Waals surface area contributed by atoms with Crippen molar-refractivity contribution in [3.63, 3.8) is 0 Å². The number of rotatable bonds is 8. The summed E-state index contributed by atoms with van der Waals surface area (Å²) in [6.07, 6.45) is 2.52. The van der Waals surface area contributed by atoms with E-state index in [0.717, 1.165) is 37.1 Å². The highest BCUT2D eigenvalue weighted by Crippen LogP contribution is 2.25. The van der Waals surface area contributed by atoms with Gasteiger partial charge in [0.2, 0.25) is 10.0 Å². The molecule has 1 aromatic heterocycles. The highest BCUT2D eigenvalue weighted by Gasteiger charge is 2.27. The number of aliphatic hydroxyl groups excluding tert-OH is 1. The van der Waals surface area contributed by atoms with E-state index in [1.54, 1.807) is 23.4 Å². The number of benzene rings is 1. The molecule has 0 amide bonds. The third-order valence-corrected chi connectivity index (χ3v) is 7.54. The molecule has 162 valence electrons. The van der Waals surface area contributed by atoms with Crippen LogP contribution in [0.1, 0.15) is 52.8 Å². The summed E-state index contributed by atoms with van der Waals surface area (Å²) in [4.78, 5) is 7.30. The van der Waals surface area contributed by atoms with E-state index < -0.39 is 16.1 Å². The van der Waals surface area contributed by atoms with Crippen LogP contribution < -0.4 is 0 Å². The minimum atomic E-state index is -3.48. The molecule has 0 aliphatic carbocycles. The largest absolute Gasteiger partial charge is 0.392 e. The van der Waals surface area contributed by atoms with Crippen LogP contribution >= 0.6 is 0 Å². The second-order valence-corrected chi connectivity index (χ2v) is 10.2. The Morgan fingerprint density at radius 2 is 1.86 bits per heavy atom. The fourth-order valence-electron chi connectivity index (χ4n) is 4.03. The van der Waals surface area contributed by atoms with Crippen LogP contribution in [0.3, 0.4) is 0 Å². The van der Waals surface area contributed by atoms with E-state index in [1.165, 1.54) is 0 Å². The molecular weight excluding hydrogens is 388 g/mol. The predicted octanol–water partition coefficient (Wildman–Crippen LogP) is 2.82. The number of piperidine rings is 1. The first kappa shape index (κ1) is 22.2. The Bertz CT molecular complexity index is 931. The van der Waals surface area contributed by atoms with Crippen molar-refractivity contribution in [1.82, 2.24) is 18.8 Å². The van der Waals surface area contributed by atoms with Gasteiger partial charge in [-0.05, 0) is 58.7 Å². The Kier molecular flexibility index (Phi) is 6.98. The summed E-state index contributed by atoms with van der Waals surface area (Å²) in [5, 5.41) is 9.83. The van der Waals surface area contributed by atoms with Gasteiger partial charge in [-0.25, -0.2) is 13.4 Å². The van der Waals surface area contributed by atoms with Crippen LogP contribution in [0, 0.1) is 0 Å². The standard InChI is InChI=1S/C21H34N4O3S/c1-5-25-20-10-9-18(29(27,28)24-11-7-6-8-12-24)13-19(20)22-21(25)15-23(16(2)3)14-17(4)26/h9-10,13,16-17,26H,5-8,11-12,14-15H2,1-4H3. The molecule has 0 spiro atoms. The maximum Gasteiger partial charge on any atom is 0.243 e. The van der Waals surface area contributed by atoms with Gasteiger partial charge in [0.1, 0.15) is 5.82 Å². The van der Waals surface area contributed by atoms with Crippen molar-refractivity contribution in [2.75, 3.05) is 19.6 Å². The summed E-state index contributed by atoms with van der Waals surface area (Å²) in [6, 6.07) is 5.56. The van der Waals surface area contributed by atoms with Crippen molar-refractivity contribution in [1.29, 1.82) is 0 Å². The molecule has 1 N–H and O–H groups in total. The number of sulfonamides is 1. The predicted molar refractivity (Wildman–Crippen MR) is 115 cm³/mol. The van der Waals surface area contributed by atoms with Crippen molar-refractivity contribution in [2.24, 2.45) is 0 Å². The first-order chi connectivity index (χ1) is 13.7. The molecule has 2 heterocycles. The van der Waals surface area contributed by atoms with Gasteiger partial charge >= 0.3 is 0 Å².